The average Bonchev–Trinajstić information content (AvgIpc) is 3.22. The van der Waals surface area contributed by atoms with E-state index in [0.29, 0.717) is 12.0 Å². The predicted octanol–water partition coefficient (Wildman–Crippen LogP) is 5.26. The molecule has 0 spiro atoms. The van der Waals surface area contributed by atoms with E-state index in [1.54, 1.807) is 18.2 Å². The molecule has 0 saturated carbocycles. The molecule has 1 aliphatic rings. The van der Waals surface area contributed by atoms with Gasteiger partial charge in [-0.05, 0) is 54.8 Å². The molecule has 0 saturated heterocycles. The molecule has 1 amide bonds. The Morgan fingerprint density at radius 1 is 1.03 bits per heavy atom. The third kappa shape index (κ3) is 4.36. The van der Waals surface area contributed by atoms with Gasteiger partial charge in [0.1, 0.15) is 5.82 Å². The van der Waals surface area contributed by atoms with Crippen LogP contribution in [0.1, 0.15) is 34.7 Å². The lowest BCUT2D eigenvalue weighted by Crippen LogP contribution is -2.36. The van der Waals surface area contributed by atoms with Crippen LogP contribution >= 0.6 is 0 Å². The SMILES string of the molecule is Cc1ccc(C2=NN(C(=O)CN(C)c3ccccc3)C(c3ccccc3F)C2)cc1C. The molecular weight excluding hydrogens is 389 g/mol. The van der Waals surface area contributed by atoms with Gasteiger partial charge in [-0.1, -0.05) is 48.5 Å². The molecule has 0 N–H and O–H groups in total. The van der Waals surface area contributed by atoms with E-state index in [9.17, 15) is 9.18 Å². The van der Waals surface area contributed by atoms with Crippen molar-refractivity contribution in [1.82, 2.24) is 5.01 Å². The molecule has 4 nitrogen and oxygen atoms in total. The van der Waals surface area contributed by atoms with Crippen molar-refractivity contribution in [2.75, 3.05) is 18.5 Å². The van der Waals surface area contributed by atoms with Crippen molar-refractivity contribution < 1.29 is 9.18 Å². The van der Waals surface area contributed by atoms with Crippen LogP contribution in [-0.2, 0) is 4.79 Å². The van der Waals surface area contributed by atoms with Crippen LogP contribution in [0.15, 0.2) is 77.9 Å². The number of amides is 1. The van der Waals surface area contributed by atoms with Crippen molar-refractivity contribution in [3.8, 4) is 0 Å². The van der Waals surface area contributed by atoms with Crippen molar-refractivity contribution in [1.29, 1.82) is 0 Å². The van der Waals surface area contributed by atoms with Gasteiger partial charge in [0.25, 0.3) is 5.91 Å². The topological polar surface area (TPSA) is 35.9 Å². The fraction of sp³-hybridized carbons (Fsp3) is 0.231. The van der Waals surface area contributed by atoms with Gasteiger partial charge in [-0.25, -0.2) is 9.40 Å². The zero-order valence-electron chi connectivity index (χ0n) is 18.0. The van der Waals surface area contributed by atoms with E-state index < -0.39 is 6.04 Å². The van der Waals surface area contributed by atoms with Gasteiger partial charge in [0, 0.05) is 24.7 Å². The van der Waals surface area contributed by atoms with E-state index in [2.05, 4.69) is 31.1 Å². The van der Waals surface area contributed by atoms with Crippen molar-refractivity contribution in [2.45, 2.75) is 26.3 Å². The summed E-state index contributed by atoms with van der Waals surface area (Å²) in [5.41, 5.74) is 5.56. The highest BCUT2D eigenvalue weighted by Gasteiger charge is 2.35. The number of benzene rings is 3. The molecule has 0 aromatic heterocycles. The van der Waals surface area contributed by atoms with Gasteiger partial charge < -0.3 is 4.90 Å². The molecule has 3 aromatic rings. The maximum absolute atomic E-state index is 14.7. The van der Waals surface area contributed by atoms with Crippen molar-refractivity contribution in [3.05, 3.63) is 101 Å². The van der Waals surface area contributed by atoms with E-state index in [-0.39, 0.29) is 18.3 Å². The summed E-state index contributed by atoms with van der Waals surface area (Å²) in [5, 5.41) is 6.14. The number of rotatable bonds is 5. The number of halogens is 1. The first-order valence-electron chi connectivity index (χ1n) is 10.4. The lowest BCUT2D eigenvalue weighted by molar-refractivity contribution is -0.131. The minimum absolute atomic E-state index is 0.151. The summed E-state index contributed by atoms with van der Waals surface area (Å²) in [6.45, 7) is 4.27. The van der Waals surface area contributed by atoms with Crippen LogP contribution in [0.5, 0.6) is 0 Å². The largest absolute Gasteiger partial charge is 0.365 e. The Bertz CT molecular complexity index is 1130. The van der Waals surface area contributed by atoms with Crippen LogP contribution in [0.25, 0.3) is 0 Å². The average molecular weight is 416 g/mol. The van der Waals surface area contributed by atoms with E-state index in [1.165, 1.54) is 16.6 Å². The summed E-state index contributed by atoms with van der Waals surface area (Å²) in [7, 11) is 1.87. The molecule has 0 aliphatic carbocycles. The van der Waals surface area contributed by atoms with Crippen LogP contribution in [-0.4, -0.2) is 30.2 Å². The standard InChI is InChI=1S/C26H26FN3O/c1-18-13-14-20(15-19(18)2)24-16-25(22-11-7-8-12-23(22)27)30(28-24)26(31)17-29(3)21-9-5-4-6-10-21/h4-15,25H,16-17H2,1-3H3. The fourth-order valence-corrected chi connectivity index (χ4v) is 3.87. The first kappa shape index (κ1) is 20.8. The molecule has 5 heteroatoms. The van der Waals surface area contributed by atoms with Gasteiger partial charge in [0.05, 0.1) is 18.3 Å². The monoisotopic (exact) mass is 415 g/mol. The minimum Gasteiger partial charge on any atom is -0.365 e. The number of para-hydroxylation sites is 1. The normalized spacial score (nSPS) is 15.7. The van der Waals surface area contributed by atoms with Crippen LogP contribution < -0.4 is 4.90 Å². The van der Waals surface area contributed by atoms with Gasteiger partial charge in [-0.3, -0.25) is 4.79 Å². The van der Waals surface area contributed by atoms with Crippen LogP contribution in [0.3, 0.4) is 0 Å². The van der Waals surface area contributed by atoms with E-state index >= 15 is 0 Å². The summed E-state index contributed by atoms with van der Waals surface area (Å²) in [6.07, 6.45) is 0.476. The number of hydrogen-bond acceptors (Lipinski definition) is 3. The summed E-state index contributed by atoms with van der Waals surface area (Å²) >= 11 is 0. The molecule has 1 aliphatic heterocycles. The highest BCUT2D eigenvalue weighted by molar-refractivity contribution is 6.03. The highest BCUT2D eigenvalue weighted by atomic mass is 19.1. The second kappa shape index (κ2) is 8.72. The summed E-state index contributed by atoms with van der Waals surface area (Å²) in [5.74, 6) is -0.489. The zero-order chi connectivity index (χ0) is 22.0. The second-order valence-corrected chi connectivity index (χ2v) is 8.02. The fourth-order valence-electron chi connectivity index (χ4n) is 3.87. The molecule has 0 fully saturated rings. The first-order valence-corrected chi connectivity index (χ1v) is 10.4. The molecule has 0 radical (unpaired) electrons. The van der Waals surface area contributed by atoms with Crippen molar-refractivity contribution >= 4 is 17.3 Å². The molecule has 158 valence electrons. The predicted molar refractivity (Wildman–Crippen MR) is 123 cm³/mol. The molecule has 4 rings (SSSR count). The van der Waals surface area contributed by atoms with Crippen molar-refractivity contribution in [3.63, 3.8) is 0 Å². The Hall–Kier alpha value is -3.47. The van der Waals surface area contributed by atoms with E-state index in [1.807, 2.05) is 48.3 Å². The Balaban J connectivity index is 1.66. The molecule has 0 bridgehead atoms. The maximum atomic E-state index is 14.7. The third-order valence-electron chi connectivity index (χ3n) is 5.84. The summed E-state index contributed by atoms with van der Waals surface area (Å²) in [4.78, 5) is 15.2. The van der Waals surface area contributed by atoms with Gasteiger partial charge in [-0.15, -0.1) is 0 Å². The number of aryl methyl sites for hydroxylation is 2. The van der Waals surface area contributed by atoms with Crippen LogP contribution in [0, 0.1) is 19.7 Å². The molecular formula is C26H26FN3O. The molecule has 1 atom stereocenters. The Labute approximate surface area is 182 Å². The second-order valence-electron chi connectivity index (χ2n) is 8.02. The first-order chi connectivity index (χ1) is 14.9. The lowest BCUT2D eigenvalue weighted by Gasteiger charge is -2.26. The number of hydrogen-bond donors (Lipinski definition) is 0. The van der Waals surface area contributed by atoms with E-state index in [4.69, 9.17) is 0 Å². The number of carbonyl (C=O) groups excluding carboxylic acids is 1. The van der Waals surface area contributed by atoms with E-state index in [0.717, 1.165) is 22.5 Å². The Morgan fingerprint density at radius 3 is 2.45 bits per heavy atom. The minimum atomic E-state index is -0.463. The van der Waals surface area contributed by atoms with Crippen LogP contribution in [0.2, 0.25) is 0 Å². The number of hydrazone groups is 1. The molecule has 31 heavy (non-hydrogen) atoms. The summed E-state index contributed by atoms with van der Waals surface area (Å²) < 4.78 is 14.7. The quantitative estimate of drug-likeness (QED) is 0.570. The van der Waals surface area contributed by atoms with Gasteiger partial charge in [-0.2, -0.15) is 5.10 Å². The molecule has 1 heterocycles. The molecule has 1 unspecified atom stereocenters. The Kier molecular flexibility index (Phi) is 5.85. The number of anilines is 1. The lowest BCUT2D eigenvalue weighted by atomic mass is 9.96. The smallest absolute Gasteiger partial charge is 0.262 e. The third-order valence-corrected chi connectivity index (χ3v) is 5.84. The number of likely N-dealkylation sites (N-methyl/N-ethyl adjacent to an activating group) is 1. The van der Waals surface area contributed by atoms with Gasteiger partial charge in [0.15, 0.2) is 0 Å². The van der Waals surface area contributed by atoms with Gasteiger partial charge in [0.2, 0.25) is 0 Å². The summed E-state index contributed by atoms with van der Waals surface area (Å²) in [6, 6.07) is 22.0. The molecule has 3 aromatic carbocycles. The highest BCUT2D eigenvalue weighted by Crippen LogP contribution is 2.34. The number of carbonyl (C=O) groups is 1. The van der Waals surface area contributed by atoms with Crippen molar-refractivity contribution in [2.24, 2.45) is 5.10 Å². The van der Waals surface area contributed by atoms with Crippen LogP contribution in [0.4, 0.5) is 10.1 Å². The number of nitrogens with zero attached hydrogens (tertiary/aromatic N) is 3. The maximum Gasteiger partial charge on any atom is 0.262 e. The zero-order valence-corrected chi connectivity index (χ0v) is 18.0. The van der Waals surface area contributed by atoms with Gasteiger partial charge >= 0.3 is 0 Å². The Morgan fingerprint density at radius 2 is 1.74 bits per heavy atom.